The molecule has 0 radical (unpaired) electrons. The number of aromatic amines is 2. The summed E-state index contributed by atoms with van der Waals surface area (Å²) in [7, 11) is 0. The second-order valence-electron chi connectivity index (χ2n) is 5.07. The van der Waals surface area contributed by atoms with Crippen LogP contribution < -0.4 is 0 Å². The molecule has 8 heteroatoms. The molecule has 0 aliphatic rings. The maximum absolute atomic E-state index is 6.25. The van der Waals surface area contributed by atoms with E-state index in [1.165, 1.54) is 4.68 Å². The number of aromatic nitrogens is 4. The summed E-state index contributed by atoms with van der Waals surface area (Å²) in [5, 5.41) is 12.4. The highest BCUT2D eigenvalue weighted by Gasteiger charge is 2.12. The second-order valence-corrected chi connectivity index (χ2v) is 6.30. The average Bonchev–Trinajstić information content (AvgIpc) is 2.99. The van der Waals surface area contributed by atoms with Crippen LogP contribution in [-0.2, 0) is 0 Å². The number of nitrogens with one attached hydrogen (secondary N) is 2. The van der Waals surface area contributed by atoms with Crippen LogP contribution in [0.25, 0.3) is 11.4 Å². The highest BCUT2D eigenvalue weighted by atomic mass is 35.5. The smallest absolute Gasteiger partial charge is 0.216 e. The summed E-state index contributed by atoms with van der Waals surface area (Å²) in [6.07, 6.45) is 1.73. The Balaban J connectivity index is 2.06. The lowest BCUT2D eigenvalue weighted by molar-refractivity contribution is 0.871. The van der Waals surface area contributed by atoms with Gasteiger partial charge in [0, 0.05) is 27.5 Å². The number of hydrogen-bond acceptors (Lipinski definition) is 3. The van der Waals surface area contributed by atoms with Crippen LogP contribution in [0.3, 0.4) is 0 Å². The van der Waals surface area contributed by atoms with Gasteiger partial charge < -0.3 is 4.98 Å². The summed E-state index contributed by atoms with van der Waals surface area (Å²) in [6, 6.07) is 7.20. The van der Waals surface area contributed by atoms with Gasteiger partial charge in [0.25, 0.3) is 0 Å². The first-order valence-corrected chi connectivity index (χ1v) is 7.95. The molecule has 0 saturated heterocycles. The Bertz CT molecular complexity index is 951. The number of H-pyrrole nitrogens is 2. The molecule has 118 valence electrons. The standard InChI is InChI=1S/C15H13Cl2N5S/c1-8-5-10(9(2)19-8)7-18-22-14(20-21-15(22)23)12-4-3-11(16)6-13(12)17/h3-7,19H,1-2H3,(H,21,23)/b18-7+. The SMILES string of the molecule is Cc1cc(/C=N/n2c(-c3ccc(Cl)cc3Cl)n[nH]c2=S)c(C)[nH]1. The molecule has 0 aliphatic carbocycles. The van der Waals surface area contributed by atoms with Crippen LogP contribution in [0.1, 0.15) is 17.0 Å². The molecule has 0 bridgehead atoms. The Labute approximate surface area is 148 Å². The molecule has 3 rings (SSSR count). The maximum Gasteiger partial charge on any atom is 0.216 e. The molecule has 0 saturated carbocycles. The molecule has 0 unspecified atom stereocenters. The van der Waals surface area contributed by atoms with Crippen molar-refractivity contribution in [2.24, 2.45) is 5.10 Å². The van der Waals surface area contributed by atoms with Crippen molar-refractivity contribution in [2.45, 2.75) is 13.8 Å². The van der Waals surface area contributed by atoms with Crippen molar-refractivity contribution in [3.05, 3.63) is 56.0 Å². The Morgan fingerprint density at radius 1 is 1.26 bits per heavy atom. The summed E-state index contributed by atoms with van der Waals surface area (Å²) in [5.74, 6) is 0.526. The molecule has 1 aromatic carbocycles. The largest absolute Gasteiger partial charge is 0.362 e. The van der Waals surface area contributed by atoms with Crippen LogP contribution in [0.4, 0.5) is 0 Å². The number of rotatable bonds is 3. The van der Waals surface area contributed by atoms with Gasteiger partial charge in [0.15, 0.2) is 5.82 Å². The van der Waals surface area contributed by atoms with E-state index < -0.39 is 0 Å². The van der Waals surface area contributed by atoms with Gasteiger partial charge in [0.05, 0.1) is 11.2 Å². The minimum Gasteiger partial charge on any atom is -0.362 e. The van der Waals surface area contributed by atoms with Gasteiger partial charge in [-0.05, 0) is 50.3 Å². The lowest BCUT2D eigenvalue weighted by atomic mass is 10.2. The van der Waals surface area contributed by atoms with Crippen LogP contribution in [0.2, 0.25) is 10.0 Å². The third-order valence-corrected chi connectivity index (χ3v) is 4.14. The summed E-state index contributed by atoms with van der Waals surface area (Å²) < 4.78 is 1.92. The lowest BCUT2D eigenvalue weighted by Crippen LogP contribution is -1.96. The van der Waals surface area contributed by atoms with Crippen molar-refractivity contribution < 1.29 is 0 Å². The highest BCUT2D eigenvalue weighted by molar-refractivity contribution is 7.71. The molecule has 0 amide bonds. The van der Waals surface area contributed by atoms with Gasteiger partial charge in [-0.1, -0.05) is 23.2 Å². The third kappa shape index (κ3) is 3.24. The minimum atomic E-state index is 0.382. The van der Waals surface area contributed by atoms with Gasteiger partial charge in [-0.3, -0.25) is 0 Å². The van der Waals surface area contributed by atoms with Crippen molar-refractivity contribution in [3.8, 4) is 11.4 Å². The fourth-order valence-electron chi connectivity index (χ4n) is 2.24. The Kier molecular flexibility index (Phi) is 4.39. The lowest BCUT2D eigenvalue weighted by Gasteiger charge is -2.03. The summed E-state index contributed by atoms with van der Waals surface area (Å²) >= 11 is 17.4. The quantitative estimate of drug-likeness (QED) is 0.519. The zero-order chi connectivity index (χ0) is 16.6. The predicted molar refractivity (Wildman–Crippen MR) is 96.1 cm³/mol. The summed E-state index contributed by atoms with van der Waals surface area (Å²) in [6.45, 7) is 3.98. The van der Waals surface area contributed by atoms with Crippen LogP contribution >= 0.6 is 35.4 Å². The van der Waals surface area contributed by atoms with E-state index in [4.69, 9.17) is 35.4 Å². The molecule has 0 fully saturated rings. The summed E-state index contributed by atoms with van der Waals surface area (Å²) in [4.78, 5) is 3.23. The van der Waals surface area contributed by atoms with Crippen molar-refractivity contribution in [3.63, 3.8) is 0 Å². The Morgan fingerprint density at radius 2 is 2.04 bits per heavy atom. The molecule has 2 aromatic heterocycles. The molecule has 23 heavy (non-hydrogen) atoms. The van der Waals surface area contributed by atoms with Crippen LogP contribution in [-0.4, -0.2) is 26.1 Å². The van der Waals surface area contributed by atoms with Crippen molar-refractivity contribution in [1.82, 2.24) is 19.9 Å². The first kappa shape index (κ1) is 16.0. The normalized spacial score (nSPS) is 11.5. The van der Waals surface area contributed by atoms with E-state index in [0.29, 0.717) is 26.2 Å². The van der Waals surface area contributed by atoms with Crippen LogP contribution in [0.5, 0.6) is 0 Å². The van der Waals surface area contributed by atoms with Gasteiger partial charge in [-0.25, -0.2) is 5.10 Å². The number of benzene rings is 1. The minimum absolute atomic E-state index is 0.382. The molecule has 0 spiro atoms. The molecule has 0 aliphatic heterocycles. The van der Waals surface area contributed by atoms with E-state index in [1.54, 1.807) is 24.4 Å². The molecule has 3 aromatic rings. The van der Waals surface area contributed by atoms with Gasteiger partial charge in [-0.15, -0.1) is 0 Å². The molecular formula is C15H13Cl2N5S. The van der Waals surface area contributed by atoms with Gasteiger partial charge in [0.1, 0.15) is 0 Å². The fourth-order valence-corrected chi connectivity index (χ4v) is 2.92. The first-order valence-electron chi connectivity index (χ1n) is 6.79. The van der Waals surface area contributed by atoms with Crippen molar-refractivity contribution in [1.29, 1.82) is 0 Å². The van der Waals surface area contributed by atoms with E-state index in [2.05, 4.69) is 20.3 Å². The average molecular weight is 366 g/mol. The zero-order valence-corrected chi connectivity index (χ0v) is 14.7. The number of aryl methyl sites for hydroxylation is 2. The first-order chi connectivity index (χ1) is 11.0. The molecule has 0 atom stereocenters. The van der Waals surface area contributed by atoms with Gasteiger partial charge in [-0.2, -0.15) is 14.9 Å². The number of nitrogens with zero attached hydrogens (tertiary/aromatic N) is 3. The topological polar surface area (TPSA) is 61.8 Å². The van der Waals surface area contributed by atoms with E-state index >= 15 is 0 Å². The van der Waals surface area contributed by atoms with Gasteiger partial charge in [0.2, 0.25) is 4.77 Å². The van der Waals surface area contributed by atoms with E-state index in [1.807, 2.05) is 19.9 Å². The number of hydrogen-bond donors (Lipinski definition) is 2. The number of halogens is 2. The van der Waals surface area contributed by atoms with E-state index in [0.717, 1.165) is 17.0 Å². The second kappa shape index (κ2) is 6.31. The van der Waals surface area contributed by atoms with E-state index in [9.17, 15) is 0 Å². The Morgan fingerprint density at radius 3 is 2.70 bits per heavy atom. The Hall–Kier alpha value is -1.89. The van der Waals surface area contributed by atoms with Crippen molar-refractivity contribution in [2.75, 3.05) is 0 Å². The molecule has 2 N–H and O–H groups in total. The van der Waals surface area contributed by atoms with E-state index in [-0.39, 0.29) is 0 Å². The molecular weight excluding hydrogens is 353 g/mol. The molecule has 2 heterocycles. The maximum atomic E-state index is 6.25. The van der Waals surface area contributed by atoms with Crippen LogP contribution in [0, 0.1) is 18.6 Å². The third-order valence-electron chi connectivity index (χ3n) is 3.32. The zero-order valence-electron chi connectivity index (χ0n) is 12.4. The van der Waals surface area contributed by atoms with Gasteiger partial charge >= 0.3 is 0 Å². The van der Waals surface area contributed by atoms with Crippen LogP contribution in [0.15, 0.2) is 29.4 Å². The predicted octanol–water partition coefficient (Wildman–Crippen LogP) is 4.74. The monoisotopic (exact) mass is 365 g/mol. The van der Waals surface area contributed by atoms with Crippen molar-refractivity contribution >= 4 is 41.6 Å². The highest BCUT2D eigenvalue weighted by Crippen LogP contribution is 2.29. The fraction of sp³-hybridized carbons (Fsp3) is 0.133. The molecule has 5 nitrogen and oxygen atoms in total. The summed E-state index contributed by atoms with van der Waals surface area (Å²) in [5.41, 5.74) is 3.79.